The molecule has 1 heterocycles. The van der Waals surface area contributed by atoms with Gasteiger partial charge in [0.1, 0.15) is 6.04 Å². The second kappa shape index (κ2) is 8.04. The van der Waals surface area contributed by atoms with Crippen LogP contribution < -0.4 is 10.6 Å². The summed E-state index contributed by atoms with van der Waals surface area (Å²) in [4.78, 5) is 27.2. The van der Waals surface area contributed by atoms with Gasteiger partial charge in [0, 0.05) is 25.7 Å². The molecular formula is C19H29N3O3. The van der Waals surface area contributed by atoms with Crippen molar-refractivity contribution in [1.82, 2.24) is 15.5 Å². The van der Waals surface area contributed by atoms with E-state index in [0.29, 0.717) is 6.54 Å². The van der Waals surface area contributed by atoms with Crippen molar-refractivity contribution in [3.05, 3.63) is 24.2 Å². The maximum Gasteiger partial charge on any atom is 0.287 e. The maximum absolute atomic E-state index is 12.5. The van der Waals surface area contributed by atoms with Crippen molar-refractivity contribution in [3.63, 3.8) is 0 Å². The predicted octanol–water partition coefficient (Wildman–Crippen LogP) is 2.02. The molecule has 0 bridgehead atoms. The van der Waals surface area contributed by atoms with Gasteiger partial charge in [0.05, 0.1) is 6.26 Å². The van der Waals surface area contributed by atoms with Crippen LogP contribution in [0.25, 0.3) is 0 Å². The summed E-state index contributed by atoms with van der Waals surface area (Å²) in [5, 5.41) is 5.77. The zero-order valence-corrected chi connectivity index (χ0v) is 15.2. The molecule has 6 heteroatoms. The van der Waals surface area contributed by atoms with Crippen LogP contribution in [0.2, 0.25) is 0 Å². The van der Waals surface area contributed by atoms with Crippen molar-refractivity contribution in [2.45, 2.75) is 51.6 Å². The number of rotatable bonds is 10. The zero-order valence-electron chi connectivity index (χ0n) is 15.2. The Morgan fingerprint density at radius 3 is 2.60 bits per heavy atom. The average Bonchev–Trinajstić information content (AvgIpc) is 3.50. The van der Waals surface area contributed by atoms with E-state index in [1.807, 2.05) is 13.8 Å². The number of carbonyl (C=O) groups is 2. The minimum atomic E-state index is -0.560. The molecule has 0 aromatic carbocycles. The summed E-state index contributed by atoms with van der Waals surface area (Å²) >= 11 is 0. The van der Waals surface area contributed by atoms with Gasteiger partial charge in [-0.05, 0) is 49.7 Å². The summed E-state index contributed by atoms with van der Waals surface area (Å²) in [6.07, 6.45) is 6.72. The molecule has 0 spiro atoms. The Hall–Kier alpha value is -1.82. The second-order valence-corrected chi connectivity index (χ2v) is 7.63. The van der Waals surface area contributed by atoms with Crippen LogP contribution in [0.15, 0.2) is 22.8 Å². The Morgan fingerprint density at radius 2 is 2.04 bits per heavy atom. The Balaban J connectivity index is 1.45. The number of nitrogens with one attached hydrogen (secondary N) is 2. The minimum absolute atomic E-state index is 0.00455. The molecule has 1 aromatic rings. The summed E-state index contributed by atoms with van der Waals surface area (Å²) in [5.74, 6) is 0.615. The molecule has 0 aliphatic heterocycles. The average molecular weight is 347 g/mol. The fraction of sp³-hybridized carbons (Fsp3) is 0.684. The van der Waals surface area contributed by atoms with Gasteiger partial charge in [0.25, 0.3) is 5.91 Å². The summed E-state index contributed by atoms with van der Waals surface area (Å²) in [6.45, 7) is 6.54. The summed E-state index contributed by atoms with van der Waals surface area (Å²) < 4.78 is 5.09. The van der Waals surface area contributed by atoms with Gasteiger partial charge in [0.15, 0.2) is 5.76 Å². The van der Waals surface area contributed by atoms with Crippen molar-refractivity contribution in [2.75, 3.05) is 19.6 Å². The molecule has 2 aliphatic carbocycles. The van der Waals surface area contributed by atoms with Crippen LogP contribution in [0, 0.1) is 11.8 Å². The molecule has 1 unspecified atom stereocenters. The highest BCUT2D eigenvalue weighted by Gasteiger charge is 2.33. The standard InChI is InChI=1S/C19H29N3O3/c1-13(2)17(21-18(23)16-4-3-11-25-16)19(24)20-9-10-22(15-7-8-15)12-14-5-6-14/h3-4,11,13-15,17H,5-10,12H2,1-2H3,(H,20,24)(H,21,23). The molecule has 2 amide bonds. The second-order valence-electron chi connectivity index (χ2n) is 7.63. The van der Waals surface area contributed by atoms with Crippen LogP contribution in [0.1, 0.15) is 50.1 Å². The number of amides is 2. The topological polar surface area (TPSA) is 74.6 Å². The van der Waals surface area contributed by atoms with E-state index >= 15 is 0 Å². The molecule has 2 fully saturated rings. The van der Waals surface area contributed by atoms with Crippen molar-refractivity contribution >= 4 is 11.8 Å². The SMILES string of the molecule is CC(C)C(NC(=O)c1ccco1)C(=O)NCCN(CC1CC1)C1CC1. The largest absolute Gasteiger partial charge is 0.459 e. The molecule has 2 saturated carbocycles. The lowest BCUT2D eigenvalue weighted by atomic mass is 10.0. The van der Waals surface area contributed by atoms with Crippen molar-refractivity contribution in [3.8, 4) is 0 Å². The minimum Gasteiger partial charge on any atom is -0.459 e. The Bertz CT molecular complexity index is 577. The summed E-state index contributed by atoms with van der Waals surface area (Å²) in [7, 11) is 0. The highest BCUT2D eigenvalue weighted by atomic mass is 16.3. The number of furan rings is 1. The van der Waals surface area contributed by atoms with Crippen molar-refractivity contribution in [1.29, 1.82) is 0 Å². The fourth-order valence-electron chi connectivity index (χ4n) is 3.08. The van der Waals surface area contributed by atoms with E-state index in [4.69, 9.17) is 4.42 Å². The lowest BCUT2D eigenvalue weighted by Crippen LogP contribution is -2.51. The Labute approximate surface area is 149 Å². The first-order chi connectivity index (χ1) is 12.0. The molecule has 2 aliphatic rings. The third-order valence-electron chi connectivity index (χ3n) is 4.93. The lowest BCUT2D eigenvalue weighted by molar-refractivity contribution is -0.124. The van der Waals surface area contributed by atoms with E-state index in [9.17, 15) is 9.59 Å². The molecule has 2 N–H and O–H groups in total. The van der Waals surface area contributed by atoms with Crippen LogP contribution in [0.4, 0.5) is 0 Å². The third-order valence-corrected chi connectivity index (χ3v) is 4.93. The quantitative estimate of drug-likeness (QED) is 0.679. The smallest absolute Gasteiger partial charge is 0.287 e. The first-order valence-corrected chi connectivity index (χ1v) is 9.40. The molecular weight excluding hydrogens is 318 g/mol. The van der Waals surface area contributed by atoms with Gasteiger partial charge in [-0.3, -0.25) is 14.5 Å². The Morgan fingerprint density at radius 1 is 1.28 bits per heavy atom. The van der Waals surface area contributed by atoms with Gasteiger partial charge in [-0.15, -0.1) is 0 Å². The normalized spacial score (nSPS) is 18.4. The molecule has 6 nitrogen and oxygen atoms in total. The number of carbonyl (C=O) groups excluding carboxylic acids is 2. The van der Waals surface area contributed by atoms with Gasteiger partial charge >= 0.3 is 0 Å². The van der Waals surface area contributed by atoms with Gasteiger partial charge in [-0.2, -0.15) is 0 Å². The van der Waals surface area contributed by atoms with Crippen LogP contribution in [-0.4, -0.2) is 48.4 Å². The molecule has 0 radical (unpaired) electrons. The zero-order chi connectivity index (χ0) is 17.8. The highest BCUT2D eigenvalue weighted by Crippen LogP contribution is 2.34. The van der Waals surface area contributed by atoms with Crippen molar-refractivity contribution < 1.29 is 14.0 Å². The number of hydrogen-bond donors (Lipinski definition) is 2. The molecule has 25 heavy (non-hydrogen) atoms. The summed E-state index contributed by atoms with van der Waals surface area (Å²) in [6, 6.07) is 3.41. The van der Waals surface area contributed by atoms with Gasteiger partial charge < -0.3 is 15.1 Å². The van der Waals surface area contributed by atoms with Gasteiger partial charge in [-0.1, -0.05) is 13.8 Å². The molecule has 0 saturated heterocycles. The lowest BCUT2D eigenvalue weighted by Gasteiger charge is -2.24. The van der Waals surface area contributed by atoms with E-state index in [2.05, 4.69) is 15.5 Å². The monoisotopic (exact) mass is 347 g/mol. The Kier molecular flexibility index (Phi) is 5.78. The maximum atomic E-state index is 12.5. The number of hydrogen-bond acceptors (Lipinski definition) is 4. The van der Waals surface area contributed by atoms with Crippen LogP contribution >= 0.6 is 0 Å². The molecule has 3 rings (SSSR count). The highest BCUT2D eigenvalue weighted by molar-refractivity contribution is 5.95. The van der Waals surface area contributed by atoms with Gasteiger partial charge in [0.2, 0.25) is 5.91 Å². The van der Waals surface area contributed by atoms with E-state index in [1.54, 1.807) is 12.1 Å². The van der Waals surface area contributed by atoms with Crippen LogP contribution in [0.3, 0.4) is 0 Å². The molecule has 1 atom stereocenters. The molecule has 1 aromatic heterocycles. The molecule has 138 valence electrons. The first-order valence-electron chi connectivity index (χ1n) is 9.40. The van der Waals surface area contributed by atoms with E-state index in [1.165, 1.54) is 38.5 Å². The van der Waals surface area contributed by atoms with E-state index < -0.39 is 6.04 Å². The first kappa shape index (κ1) is 18.0. The van der Waals surface area contributed by atoms with E-state index in [0.717, 1.165) is 18.5 Å². The summed E-state index contributed by atoms with van der Waals surface area (Å²) in [5.41, 5.74) is 0. The van der Waals surface area contributed by atoms with Crippen LogP contribution in [-0.2, 0) is 4.79 Å². The van der Waals surface area contributed by atoms with Gasteiger partial charge in [-0.25, -0.2) is 0 Å². The fourth-order valence-corrected chi connectivity index (χ4v) is 3.08. The third kappa shape index (κ3) is 5.33. The number of nitrogens with zero attached hydrogens (tertiary/aromatic N) is 1. The van der Waals surface area contributed by atoms with E-state index in [-0.39, 0.29) is 23.5 Å². The predicted molar refractivity (Wildman–Crippen MR) is 95.1 cm³/mol. The van der Waals surface area contributed by atoms with Crippen LogP contribution in [0.5, 0.6) is 0 Å². The van der Waals surface area contributed by atoms with Crippen molar-refractivity contribution in [2.24, 2.45) is 11.8 Å².